The summed E-state index contributed by atoms with van der Waals surface area (Å²) >= 11 is 0. The van der Waals surface area contributed by atoms with Crippen LogP contribution in [0.15, 0.2) is 29.3 Å². The second-order valence-electron chi connectivity index (χ2n) is 5.28. The first-order chi connectivity index (χ1) is 9.59. The van der Waals surface area contributed by atoms with Gasteiger partial charge in [0, 0.05) is 35.9 Å². The van der Waals surface area contributed by atoms with Gasteiger partial charge in [-0.1, -0.05) is 12.8 Å². The molecule has 1 aliphatic rings. The Kier molecular flexibility index (Phi) is 3.43. The zero-order valence-electron chi connectivity index (χ0n) is 11.3. The highest BCUT2D eigenvalue weighted by molar-refractivity contribution is 7.89. The van der Waals surface area contributed by atoms with E-state index < -0.39 is 10.0 Å². The Labute approximate surface area is 118 Å². The van der Waals surface area contributed by atoms with Crippen LogP contribution in [0.3, 0.4) is 0 Å². The second kappa shape index (κ2) is 5.10. The number of rotatable bonds is 2. The van der Waals surface area contributed by atoms with E-state index in [0.29, 0.717) is 29.1 Å². The number of sulfonamides is 1. The van der Waals surface area contributed by atoms with E-state index in [4.69, 9.17) is 5.73 Å². The first-order valence-electron chi connectivity index (χ1n) is 6.96. The lowest BCUT2D eigenvalue weighted by Crippen LogP contribution is -2.31. The molecule has 6 heteroatoms. The summed E-state index contributed by atoms with van der Waals surface area (Å²) in [5.41, 5.74) is 7.15. The number of fused-ring (bicyclic) bond motifs is 1. The topological polar surface area (TPSA) is 79.2 Å². The second-order valence-corrected chi connectivity index (χ2v) is 7.18. The number of nitrogens with one attached hydrogen (secondary N) is 1. The Bertz CT molecular complexity index is 713. The van der Waals surface area contributed by atoms with Crippen LogP contribution < -0.4 is 5.73 Å². The average Bonchev–Trinajstić information content (AvgIpc) is 2.65. The van der Waals surface area contributed by atoms with Gasteiger partial charge in [-0.15, -0.1) is 0 Å². The molecule has 0 radical (unpaired) electrons. The summed E-state index contributed by atoms with van der Waals surface area (Å²) < 4.78 is 27.2. The molecular formula is C14H19N3O2S. The van der Waals surface area contributed by atoms with Crippen LogP contribution in [0.4, 0.5) is 5.69 Å². The number of anilines is 1. The molecule has 3 rings (SSSR count). The van der Waals surface area contributed by atoms with E-state index in [1.807, 2.05) is 6.07 Å². The van der Waals surface area contributed by atoms with Gasteiger partial charge in [-0.2, -0.15) is 4.31 Å². The van der Waals surface area contributed by atoms with E-state index in [2.05, 4.69) is 4.98 Å². The predicted molar refractivity (Wildman–Crippen MR) is 79.9 cm³/mol. The van der Waals surface area contributed by atoms with Crippen molar-refractivity contribution in [3.8, 4) is 0 Å². The molecule has 2 heterocycles. The third kappa shape index (κ3) is 2.29. The van der Waals surface area contributed by atoms with E-state index in [9.17, 15) is 8.42 Å². The highest BCUT2D eigenvalue weighted by Crippen LogP contribution is 2.28. The minimum atomic E-state index is -3.44. The molecule has 1 fully saturated rings. The first-order valence-corrected chi connectivity index (χ1v) is 8.40. The molecule has 0 saturated carbocycles. The van der Waals surface area contributed by atoms with Crippen LogP contribution in [0.25, 0.3) is 10.9 Å². The quantitative estimate of drug-likeness (QED) is 0.834. The van der Waals surface area contributed by atoms with Crippen LogP contribution in [0.2, 0.25) is 0 Å². The van der Waals surface area contributed by atoms with Gasteiger partial charge < -0.3 is 10.7 Å². The molecule has 1 aromatic heterocycles. The Morgan fingerprint density at radius 2 is 1.80 bits per heavy atom. The van der Waals surface area contributed by atoms with Gasteiger partial charge in [0.25, 0.3) is 0 Å². The molecule has 0 atom stereocenters. The largest absolute Gasteiger partial charge is 0.399 e. The molecule has 5 nitrogen and oxygen atoms in total. The standard InChI is InChI=1S/C14H19N3O2S/c15-11-5-6-13-12(9-11)14(10-16-13)20(18,19)17-7-3-1-2-4-8-17/h5-6,9-10,16H,1-4,7-8,15H2. The fraction of sp³-hybridized carbons (Fsp3) is 0.429. The van der Waals surface area contributed by atoms with E-state index in [1.54, 1.807) is 22.6 Å². The van der Waals surface area contributed by atoms with Gasteiger partial charge in [-0.05, 0) is 31.0 Å². The van der Waals surface area contributed by atoms with Crippen molar-refractivity contribution in [2.75, 3.05) is 18.8 Å². The maximum absolute atomic E-state index is 12.8. The number of aromatic amines is 1. The summed E-state index contributed by atoms with van der Waals surface area (Å²) in [6, 6.07) is 5.30. The molecule has 1 saturated heterocycles. The van der Waals surface area contributed by atoms with Crippen LogP contribution in [0.5, 0.6) is 0 Å². The SMILES string of the molecule is Nc1ccc2[nH]cc(S(=O)(=O)N3CCCCCC3)c2c1. The lowest BCUT2D eigenvalue weighted by Gasteiger charge is -2.19. The number of nitrogens with zero attached hydrogens (tertiary/aromatic N) is 1. The fourth-order valence-electron chi connectivity index (χ4n) is 2.75. The van der Waals surface area contributed by atoms with Crippen LogP contribution in [-0.2, 0) is 10.0 Å². The number of aromatic nitrogens is 1. The van der Waals surface area contributed by atoms with Gasteiger partial charge in [0.1, 0.15) is 4.90 Å². The average molecular weight is 293 g/mol. The zero-order chi connectivity index (χ0) is 14.2. The smallest absolute Gasteiger partial charge is 0.245 e. The highest BCUT2D eigenvalue weighted by atomic mass is 32.2. The normalized spacial score (nSPS) is 18.2. The molecular weight excluding hydrogens is 274 g/mol. The van der Waals surface area contributed by atoms with Crippen molar-refractivity contribution < 1.29 is 8.42 Å². The van der Waals surface area contributed by atoms with Crippen LogP contribution in [0, 0.1) is 0 Å². The van der Waals surface area contributed by atoms with Gasteiger partial charge in [-0.25, -0.2) is 8.42 Å². The van der Waals surface area contributed by atoms with E-state index in [-0.39, 0.29) is 0 Å². The summed E-state index contributed by atoms with van der Waals surface area (Å²) in [4.78, 5) is 3.35. The first kappa shape index (κ1) is 13.5. The number of hydrogen-bond acceptors (Lipinski definition) is 3. The maximum Gasteiger partial charge on any atom is 0.245 e. The van der Waals surface area contributed by atoms with Gasteiger partial charge in [0.05, 0.1) is 0 Å². The van der Waals surface area contributed by atoms with Crippen molar-refractivity contribution in [2.24, 2.45) is 0 Å². The Balaban J connectivity index is 2.06. The molecule has 20 heavy (non-hydrogen) atoms. The van der Waals surface area contributed by atoms with Crippen molar-refractivity contribution in [3.05, 3.63) is 24.4 Å². The number of nitrogens with two attached hydrogens (primary N) is 1. The van der Waals surface area contributed by atoms with Gasteiger partial charge in [-0.3, -0.25) is 0 Å². The molecule has 108 valence electrons. The monoisotopic (exact) mass is 293 g/mol. The van der Waals surface area contributed by atoms with Gasteiger partial charge >= 0.3 is 0 Å². The van der Waals surface area contributed by atoms with Crippen molar-refractivity contribution in [1.82, 2.24) is 9.29 Å². The maximum atomic E-state index is 12.8. The minimum absolute atomic E-state index is 0.335. The van der Waals surface area contributed by atoms with Crippen molar-refractivity contribution in [1.29, 1.82) is 0 Å². The number of H-pyrrole nitrogens is 1. The summed E-state index contributed by atoms with van der Waals surface area (Å²) in [6.07, 6.45) is 5.65. The summed E-state index contributed by atoms with van der Waals surface area (Å²) in [5.74, 6) is 0. The van der Waals surface area contributed by atoms with Crippen molar-refractivity contribution >= 4 is 26.6 Å². The zero-order valence-corrected chi connectivity index (χ0v) is 12.1. The fourth-order valence-corrected chi connectivity index (χ4v) is 4.42. The van der Waals surface area contributed by atoms with E-state index in [1.165, 1.54) is 0 Å². The summed E-state index contributed by atoms with van der Waals surface area (Å²) in [7, 11) is -3.44. The Morgan fingerprint density at radius 3 is 2.50 bits per heavy atom. The Morgan fingerprint density at radius 1 is 1.10 bits per heavy atom. The molecule has 3 N–H and O–H groups in total. The molecule has 0 bridgehead atoms. The molecule has 0 spiro atoms. The molecule has 0 amide bonds. The highest BCUT2D eigenvalue weighted by Gasteiger charge is 2.27. The summed E-state index contributed by atoms with van der Waals surface area (Å²) in [5, 5.41) is 0.675. The molecule has 0 unspecified atom stereocenters. The van der Waals surface area contributed by atoms with Gasteiger partial charge in [0.15, 0.2) is 0 Å². The van der Waals surface area contributed by atoms with Crippen LogP contribution in [0.1, 0.15) is 25.7 Å². The van der Waals surface area contributed by atoms with Crippen LogP contribution >= 0.6 is 0 Å². The van der Waals surface area contributed by atoms with E-state index >= 15 is 0 Å². The Hall–Kier alpha value is -1.53. The van der Waals surface area contributed by atoms with Crippen molar-refractivity contribution in [2.45, 2.75) is 30.6 Å². The lowest BCUT2D eigenvalue weighted by atomic mass is 10.2. The molecule has 0 aliphatic carbocycles. The molecule has 2 aromatic rings. The predicted octanol–water partition coefficient (Wildman–Crippen LogP) is 2.31. The van der Waals surface area contributed by atoms with Crippen LogP contribution in [-0.4, -0.2) is 30.8 Å². The summed E-state index contributed by atoms with van der Waals surface area (Å²) in [6.45, 7) is 1.22. The molecule has 1 aromatic carbocycles. The third-order valence-corrected chi connectivity index (χ3v) is 5.79. The number of hydrogen-bond donors (Lipinski definition) is 2. The minimum Gasteiger partial charge on any atom is -0.399 e. The van der Waals surface area contributed by atoms with E-state index in [0.717, 1.165) is 31.2 Å². The number of benzene rings is 1. The van der Waals surface area contributed by atoms with Gasteiger partial charge in [0.2, 0.25) is 10.0 Å². The van der Waals surface area contributed by atoms with Crippen molar-refractivity contribution in [3.63, 3.8) is 0 Å². The lowest BCUT2D eigenvalue weighted by molar-refractivity contribution is 0.424. The third-order valence-electron chi connectivity index (χ3n) is 3.85. The number of nitrogen functional groups attached to an aromatic ring is 1. The molecule has 1 aliphatic heterocycles.